The summed E-state index contributed by atoms with van der Waals surface area (Å²) in [5, 5.41) is 3.75. The Hall–Kier alpha value is -0.120. The highest BCUT2D eigenvalue weighted by Gasteiger charge is 2.25. The first-order valence-corrected chi connectivity index (χ1v) is 7.97. The van der Waals surface area contributed by atoms with Crippen LogP contribution in [0.15, 0.2) is 0 Å². The Kier molecular flexibility index (Phi) is 4.55. The van der Waals surface area contributed by atoms with Crippen molar-refractivity contribution >= 4 is 0 Å². The quantitative estimate of drug-likeness (QED) is 0.810. The van der Waals surface area contributed by atoms with Crippen LogP contribution in [0.4, 0.5) is 0 Å². The van der Waals surface area contributed by atoms with Gasteiger partial charge >= 0.3 is 0 Å². The van der Waals surface area contributed by atoms with Gasteiger partial charge in [0.15, 0.2) is 0 Å². The third kappa shape index (κ3) is 3.94. The normalized spacial score (nSPS) is 31.7. The summed E-state index contributed by atoms with van der Waals surface area (Å²) in [6.45, 7) is 5.97. The Labute approximate surface area is 111 Å². The van der Waals surface area contributed by atoms with Crippen molar-refractivity contribution < 1.29 is 4.74 Å². The first kappa shape index (κ1) is 12.9. The summed E-state index contributed by atoms with van der Waals surface area (Å²) in [6, 6.07) is 0.786. The zero-order valence-corrected chi connectivity index (χ0v) is 11.6. The van der Waals surface area contributed by atoms with Crippen LogP contribution in [-0.4, -0.2) is 49.8 Å². The van der Waals surface area contributed by atoms with Gasteiger partial charge in [0, 0.05) is 19.2 Å². The summed E-state index contributed by atoms with van der Waals surface area (Å²) in [5.41, 5.74) is 0. The molecule has 2 aliphatic heterocycles. The third-order valence-corrected chi connectivity index (χ3v) is 4.72. The minimum absolute atomic E-state index is 0.523. The molecule has 1 aliphatic carbocycles. The Bertz CT molecular complexity index is 241. The predicted octanol–water partition coefficient (Wildman–Crippen LogP) is 2.02. The van der Waals surface area contributed by atoms with E-state index < -0.39 is 0 Å². The average molecular weight is 252 g/mol. The molecule has 1 N–H and O–H groups in total. The number of hydrogen-bond acceptors (Lipinski definition) is 3. The molecule has 3 nitrogen and oxygen atoms in total. The molecule has 0 bridgehead atoms. The van der Waals surface area contributed by atoms with Crippen molar-refractivity contribution in [3.63, 3.8) is 0 Å². The fourth-order valence-electron chi connectivity index (χ4n) is 3.21. The van der Waals surface area contributed by atoms with Crippen molar-refractivity contribution in [3.8, 4) is 0 Å². The van der Waals surface area contributed by atoms with Crippen LogP contribution in [0.1, 0.15) is 44.9 Å². The number of rotatable bonds is 5. The number of nitrogens with one attached hydrogen (secondary N) is 1. The SMILES string of the molecule is C1CCC(CN2CCC(NCC3CC3)CC2)OC1. The van der Waals surface area contributed by atoms with E-state index in [9.17, 15) is 0 Å². The van der Waals surface area contributed by atoms with Crippen molar-refractivity contribution in [2.24, 2.45) is 5.92 Å². The summed E-state index contributed by atoms with van der Waals surface area (Å²) in [7, 11) is 0. The van der Waals surface area contributed by atoms with Crippen LogP contribution in [0.25, 0.3) is 0 Å². The van der Waals surface area contributed by atoms with Gasteiger partial charge in [0.2, 0.25) is 0 Å². The number of piperidine rings is 1. The second-order valence-corrected chi connectivity index (χ2v) is 6.42. The van der Waals surface area contributed by atoms with Gasteiger partial charge in [-0.1, -0.05) is 0 Å². The number of ether oxygens (including phenoxy) is 1. The van der Waals surface area contributed by atoms with Gasteiger partial charge in [-0.3, -0.25) is 0 Å². The van der Waals surface area contributed by atoms with E-state index >= 15 is 0 Å². The summed E-state index contributed by atoms with van der Waals surface area (Å²) >= 11 is 0. The highest BCUT2D eigenvalue weighted by Crippen LogP contribution is 2.28. The molecule has 104 valence electrons. The fourth-order valence-corrected chi connectivity index (χ4v) is 3.21. The second kappa shape index (κ2) is 6.36. The zero-order valence-electron chi connectivity index (χ0n) is 11.6. The Morgan fingerprint density at radius 2 is 1.83 bits per heavy atom. The van der Waals surface area contributed by atoms with E-state index in [4.69, 9.17) is 4.74 Å². The molecule has 0 aromatic carbocycles. The van der Waals surface area contributed by atoms with E-state index in [1.54, 1.807) is 0 Å². The van der Waals surface area contributed by atoms with Crippen molar-refractivity contribution in [3.05, 3.63) is 0 Å². The molecule has 1 unspecified atom stereocenters. The van der Waals surface area contributed by atoms with Crippen molar-refractivity contribution in [2.45, 2.75) is 57.1 Å². The van der Waals surface area contributed by atoms with Gasteiger partial charge in [-0.2, -0.15) is 0 Å². The van der Waals surface area contributed by atoms with Gasteiger partial charge in [-0.05, 0) is 70.5 Å². The van der Waals surface area contributed by atoms with Gasteiger partial charge in [0.25, 0.3) is 0 Å². The topological polar surface area (TPSA) is 24.5 Å². The van der Waals surface area contributed by atoms with Gasteiger partial charge in [0.05, 0.1) is 6.10 Å². The van der Waals surface area contributed by atoms with Crippen molar-refractivity contribution in [1.82, 2.24) is 10.2 Å². The maximum absolute atomic E-state index is 5.84. The predicted molar refractivity (Wildman–Crippen MR) is 73.8 cm³/mol. The van der Waals surface area contributed by atoms with Gasteiger partial charge in [0.1, 0.15) is 0 Å². The maximum Gasteiger partial charge on any atom is 0.0702 e. The molecular weight excluding hydrogens is 224 g/mol. The lowest BCUT2D eigenvalue weighted by Gasteiger charge is -2.35. The molecule has 1 atom stereocenters. The van der Waals surface area contributed by atoms with Crippen molar-refractivity contribution in [1.29, 1.82) is 0 Å². The highest BCUT2D eigenvalue weighted by molar-refractivity contribution is 4.82. The highest BCUT2D eigenvalue weighted by atomic mass is 16.5. The summed E-state index contributed by atoms with van der Waals surface area (Å²) in [6.07, 6.45) is 10.0. The Morgan fingerprint density at radius 3 is 2.50 bits per heavy atom. The van der Waals surface area contributed by atoms with Crippen LogP contribution in [0.2, 0.25) is 0 Å². The molecule has 0 amide bonds. The molecular formula is C15H28N2O. The van der Waals surface area contributed by atoms with Crippen LogP contribution in [-0.2, 0) is 4.74 Å². The molecule has 3 rings (SSSR count). The smallest absolute Gasteiger partial charge is 0.0702 e. The molecule has 0 aromatic rings. The lowest BCUT2D eigenvalue weighted by Crippen LogP contribution is -2.46. The van der Waals surface area contributed by atoms with E-state index in [1.165, 1.54) is 71.1 Å². The maximum atomic E-state index is 5.84. The molecule has 2 saturated heterocycles. The van der Waals surface area contributed by atoms with E-state index in [2.05, 4.69) is 10.2 Å². The largest absolute Gasteiger partial charge is 0.377 e. The fraction of sp³-hybridized carbons (Fsp3) is 1.00. The molecule has 2 heterocycles. The summed E-state index contributed by atoms with van der Waals surface area (Å²) in [4.78, 5) is 2.62. The summed E-state index contributed by atoms with van der Waals surface area (Å²) in [5.74, 6) is 1.01. The van der Waals surface area contributed by atoms with E-state index in [0.717, 1.165) is 18.6 Å². The van der Waals surface area contributed by atoms with E-state index in [-0.39, 0.29) is 0 Å². The first-order chi connectivity index (χ1) is 8.90. The molecule has 1 saturated carbocycles. The Morgan fingerprint density at radius 1 is 1.00 bits per heavy atom. The molecule has 3 aliphatic rings. The third-order valence-electron chi connectivity index (χ3n) is 4.72. The monoisotopic (exact) mass is 252 g/mol. The van der Waals surface area contributed by atoms with E-state index in [0.29, 0.717) is 6.10 Å². The molecule has 0 aromatic heterocycles. The minimum atomic E-state index is 0.523. The van der Waals surface area contributed by atoms with Crippen LogP contribution in [0.3, 0.4) is 0 Å². The van der Waals surface area contributed by atoms with Crippen LogP contribution in [0.5, 0.6) is 0 Å². The number of likely N-dealkylation sites (tertiary alicyclic amines) is 1. The minimum Gasteiger partial charge on any atom is -0.377 e. The molecule has 3 heteroatoms. The molecule has 18 heavy (non-hydrogen) atoms. The van der Waals surface area contributed by atoms with Gasteiger partial charge in [-0.15, -0.1) is 0 Å². The van der Waals surface area contributed by atoms with E-state index in [1.807, 2.05) is 0 Å². The second-order valence-electron chi connectivity index (χ2n) is 6.42. The van der Waals surface area contributed by atoms with Crippen molar-refractivity contribution in [2.75, 3.05) is 32.8 Å². The molecule has 3 fully saturated rings. The lowest BCUT2D eigenvalue weighted by atomic mass is 10.0. The Balaban J connectivity index is 1.31. The first-order valence-electron chi connectivity index (χ1n) is 7.97. The van der Waals surface area contributed by atoms with Gasteiger partial charge in [-0.25, -0.2) is 0 Å². The zero-order chi connectivity index (χ0) is 12.2. The summed E-state index contributed by atoms with van der Waals surface area (Å²) < 4.78 is 5.84. The standard InChI is InChI=1S/C15H28N2O/c1-2-10-18-15(3-1)12-17-8-6-14(7-9-17)16-11-13-4-5-13/h13-16H,1-12H2. The average Bonchev–Trinajstić information content (AvgIpc) is 3.23. The molecule has 0 radical (unpaired) electrons. The van der Waals surface area contributed by atoms with Crippen LogP contribution >= 0.6 is 0 Å². The lowest BCUT2D eigenvalue weighted by molar-refractivity contribution is -0.0100. The van der Waals surface area contributed by atoms with Gasteiger partial charge < -0.3 is 15.0 Å². The molecule has 0 spiro atoms. The number of nitrogens with zero attached hydrogens (tertiary/aromatic N) is 1. The number of hydrogen-bond donors (Lipinski definition) is 1. The van der Waals surface area contributed by atoms with Crippen LogP contribution < -0.4 is 5.32 Å². The van der Waals surface area contributed by atoms with Crippen LogP contribution in [0, 0.1) is 5.92 Å².